The number of aromatic nitrogens is 6. The summed E-state index contributed by atoms with van der Waals surface area (Å²) >= 11 is 6.31. The number of hydrogen-bond donors (Lipinski definition) is 2. The molecular formula is C24H23ClN8O3. The van der Waals surface area contributed by atoms with Crippen molar-refractivity contribution in [1.82, 2.24) is 29.5 Å². The summed E-state index contributed by atoms with van der Waals surface area (Å²) in [6, 6.07) is 7.15. The average molecular weight is 507 g/mol. The minimum atomic E-state index is -0.652. The molecule has 4 rings (SSSR count). The van der Waals surface area contributed by atoms with Crippen LogP contribution in [0.4, 0.5) is 22.1 Å². The zero-order valence-electron chi connectivity index (χ0n) is 19.8. The van der Waals surface area contributed by atoms with Gasteiger partial charge in [0.1, 0.15) is 5.60 Å². The third kappa shape index (κ3) is 5.94. The summed E-state index contributed by atoms with van der Waals surface area (Å²) in [4.78, 5) is 32.4. The van der Waals surface area contributed by atoms with Crippen molar-refractivity contribution in [1.29, 1.82) is 0 Å². The van der Waals surface area contributed by atoms with Crippen molar-refractivity contribution in [3.63, 3.8) is 0 Å². The van der Waals surface area contributed by atoms with Crippen LogP contribution in [0.2, 0.25) is 5.02 Å². The summed E-state index contributed by atoms with van der Waals surface area (Å²) in [5.41, 5.74) is 2.33. The smallest absolute Gasteiger partial charge is 0.435 e. The maximum Gasteiger partial charge on any atom is 0.435 e. The molecule has 0 fully saturated rings. The fourth-order valence-corrected chi connectivity index (χ4v) is 3.23. The van der Waals surface area contributed by atoms with Gasteiger partial charge in [0, 0.05) is 17.4 Å². The standard InChI is InChI=1S/C24H23ClN8O3/c1-5-20(34)29-16-6-8-18(9-7-16)32-14-17(11-28-32)30-22-26-12-19(25)21(31-22)15-10-27-33(13-15)23(35)36-24(2,3)4/h5-14H,1H2,2-4H3,(H,29,34)(H,26,30,31). The van der Waals surface area contributed by atoms with Crippen LogP contribution in [-0.4, -0.2) is 47.1 Å². The average Bonchev–Trinajstić information content (AvgIpc) is 3.50. The third-order valence-corrected chi connectivity index (χ3v) is 4.88. The summed E-state index contributed by atoms with van der Waals surface area (Å²) in [6.07, 6.45) is 8.39. The third-order valence-electron chi connectivity index (χ3n) is 4.60. The van der Waals surface area contributed by atoms with Crippen molar-refractivity contribution < 1.29 is 14.3 Å². The molecule has 3 heterocycles. The summed E-state index contributed by atoms with van der Waals surface area (Å²) in [5.74, 6) is -0.00528. The van der Waals surface area contributed by atoms with E-state index in [1.807, 2.05) is 12.1 Å². The molecule has 0 saturated carbocycles. The number of amides is 1. The first kappa shape index (κ1) is 24.6. The first-order chi connectivity index (χ1) is 17.1. The van der Waals surface area contributed by atoms with Gasteiger partial charge in [0.05, 0.1) is 46.9 Å². The van der Waals surface area contributed by atoms with Gasteiger partial charge in [-0.05, 0) is 51.1 Å². The molecule has 2 N–H and O–H groups in total. The molecule has 0 spiro atoms. The van der Waals surface area contributed by atoms with E-state index in [0.29, 0.717) is 27.7 Å². The molecule has 184 valence electrons. The van der Waals surface area contributed by atoms with Gasteiger partial charge in [-0.15, -0.1) is 0 Å². The van der Waals surface area contributed by atoms with E-state index in [9.17, 15) is 9.59 Å². The second-order valence-corrected chi connectivity index (χ2v) is 8.99. The van der Waals surface area contributed by atoms with Crippen molar-refractivity contribution in [2.24, 2.45) is 0 Å². The quantitative estimate of drug-likeness (QED) is 0.356. The first-order valence-corrected chi connectivity index (χ1v) is 11.2. The molecule has 0 aliphatic heterocycles. The molecule has 0 bridgehead atoms. The van der Waals surface area contributed by atoms with Crippen molar-refractivity contribution in [3.05, 3.63) is 72.9 Å². The number of hydrogen-bond acceptors (Lipinski definition) is 8. The molecule has 0 radical (unpaired) electrons. The second-order valence-electron chi connectivity index (χ2n) is 8.58. The van der Waals surface area contributed by atoms with Crippen molar-refractivity contribution in [3.8, 4) is 16.9 Å². The zero-order chi connectivity index (χ0) is 25.9. The number of rotatable bonds is 6. The lowest BCUT2D eigenvalue weighted by Gasteiger charge is -2.18. The maximum absolute atomic E-state index is 12.3. The SMILES string of the molecule is C=CC(=O)Nc1ccc(-n2cc(Nc3ncc(Cl)c(-c4cnn(C(=O)OC(C)(C)C)c4)n3)cn2)cc1. The summed E-state index contributed by atoms with van der Waals surface area (Å²) < 4.78 is 8.07. The topological polar surface area (TPSA) is 129 Å². The van der Waals surface area contributed by atoms with Gasteiger partial charge in [0.25, 0.3) is 0 Å². The predicted octanol–water partition coefficient (Wildman–Crippen LogP) is 4.83. The molecule has 12 heteroatoms. The van der Waals surface area contributed by atoms with Crippen LogP contribution in [0, 0.1) is 0 Å². The summed E-state index contributed by atoms with van der Waals surface area (Å²) in [7, 11) is 0. The van der Waals surface area contributed by atoms with Gasteiger partial charge >= 0.3 is 6.09 Å². The number of nitrogens with zero attached hydrogens (tertiary/aromatic N) is 6. The van der Waals surface area contributed by atoms with Crippen LogP contribution in [0.1, 0.15) is 20.8 Å². The lowest BCUT2D eigenvalue weighted by molar-refractivity contribution is -0.111. The van der Waals surface area contributed by atoms with Crippen LogP contribution < -0.4 is 10.6 Å². The number of nitrogens with one attached hydrogen (secondary N) is 2. The van der Waals surface area contributed by atoms with Gasteiger partial charge in [0.15, 0.2) is 0 Å². The molecule has 0 saturated heterocycles. The van der Waals surface area contributed by atoms with Crippen LogP contribution in [0.3, 0.4) is 0 Å². The molecule has 36 heavy (non-hydrogen) atoms. The zero-order valence-corrected chi connectivity index (χ0v) is 20.5. The van der Waals surface area contributed by atoms with E-state index in [0.717, 1.165) is 10.4 Å². The Balaban J connectivity index is 1.49. The lowest BCUT2D eigenvalue weighted by atomic mass is 10.2. The van der Waals surface area contributed by atoms with Crippen LogP contribution in [-0.2, 0) is 9.53 Å². The molecule has 0 aliphatic rings. The van der Waals surface area contributed by atoms with Gasteiger partial charge in [-0.25, -0.2) is 19.4 Å². The number of anilines is 3. The molecule has 1 aromatic carbocycles. The van der Waals surface area contributed by atoms with E-state index in [2.05, 4.69) is 37.4 Å². The Morgan fingerprint density at radius 3 is 2.50 bits per heavy atom. The largest absolute Gasteiger partial charge is 0.442 e. The van der Waals surface area contributed by atoms with E-state index in [4.69, 9.17) is 16.3 Å². The van der Waals surface area contributed by atoms with Crippen molar-refractivity contribution in [2.75, 3.05) is 10.6 Å². The minimum Gasteiger partial charge on any atom is -0.442 e. The van der Waals surface area contributed by atoms with Crippen molar-refractivity contribution in [2.45, 2.75) is 26.4 Å². The minimum absolute atomic E-state index is 0.279. The Bertz CT molecular complexity index is 1420. The highest BCUT2D eigenvalue weighted by atomic mass is 35.5. The molecule has 4 aromatic rings. The van der Waals surface area contributed by atoms with Gasteiger partial charge in [0.2, 0.25) is 11.9 Å². The highest BCUT2D eigenvalue weighted by Gasteiger charge is 2.20. The number of carbonyl (C=O) groups excluding carboxylic acids is 2. The Morgan fingerprint density at radius 1 is 1.06 bits per heavy atom. The Hall–Kier alpha value is -4.51. The fraction of sp³-hybridized carbons (Fsp3) is 0.167. The first-order valence-electron chi connectivity index (χ1n) is 10.8. The van der Waals surface area contributed by atoms with Crippen LogP contribution in [0.15, 0.2) is 67.9 Å². The van der Waals surface area contributed by atoms with E-state index in [-0.39, 0.29) is 11.9 Å². The van der Waals surface area contributed by atoms with E-state index in [1.165, 1.54) is 24.7 Å². The number of benzene rings is 1. The van der Waals surface area contributed by atoms with Crippen LogP contribution in [0.25, 0.3) is 16.9 Å². The summed E-state index contributed by atoms with van der Waals surface area (Å²) in [5, 5.41) is 14.5. The molecule has 3 aromatic heterocycles. The van der Waals surface area contributed by atoms with Gasteiger partial charge in [-0.1, -0.05) is 18.2 Å². The number of carbonyl (C=O) groups is 2. The van der Waals surface area contributed by atoms with Gasteiger partial charge in [-0.2, -0.15) is 14.9 Å². The van der Waals surface area contributed by atoms with E-state index in [1.54, 1.807) is 50.0 Å². The highest BCUT2D eigenvalue weighted by molar-refractivity contribution is 6.32. The number of ether oxygens (including phenoxy) is 1. The summed E-state index contributed by atoms with van der Waals surface area (Å²) in [6.45, 7) is 8.75. The fourth-order valence-electron chi connectivity index (χ4n) is 3.03. The molecule has 0 aliphatic carbocycles. The van der Waals surface area contributed by atoms with E-state index < -0.39 is 11.7 Å². The highest BCUT2D eigenvalue weighted by Crippen LogP contribution is 2.27. The maximum atomic E-state index is 12.3. The molecule has 0 atom stereocenters. The predicted molar refractivity (Wildman–Crippen MR) is 136 cm³/mol. The molecular weight excluding hydrogens is 484 g/mol. The lowest BCUT2D eigenvalue weighted by Crippen LogP contribution is -2.27. The Labute approximate surface area is 211 Å². The van der Waals surface area contributed by atoms with Crippen LogP contribution >= 0.6 is 11.6 Å². The van der Waals surface area contributed by atoms with E-state index >= 15 is 0 Å². The molecule has 1 amide bonds. The second kappa shape index (κ2) is 10.0. The molecule has 0 unspecified atom stereocenters. The Morgan fingerprint density at radius 2 is 1.81 bits per heavy atom. The Kier molecular flexibility index (Phi) is 6.84. The van der Waals surface area contributed by atoms with Gasteiger partial charge in [-0.3, -0.25) is 4.79 Å². The number of halogens is 1. The van der Waals surface area contributed by atoms with Gasteiger partial charge < -0.3 is 15.4 Å². The monoisotopic (exact) mass is 506 g/mol. The van der Waals surface area contributed by atoms with Crippen molar-refractivity contribution >= 4 is 40.9 Å². The molecule has 11 nitrogen and oxygen atoms in total. The van der Waals surface area contributed by atoms with Crippen LogP contribution in [0.5, 0.6) is 0 Å². The normalized spacial score (nSPS) is 11.1.